The van der Waals surface area contributed by atoms with Gasteiger partial charge in [-0.25, -0.2) is 8.42 Å². The van der Waals surface area contributed by atoms with E-state index in [4.69, 9.17) is 10.7 Å². The van der Waals surface area contributed by atoms with E-state index in [2.05, 4.69) is 0 Å². The first-order valence-electron chi connectivity index (χ1n) is 3.68. The monoisotopic (exact) mass is 194 g/mol. The van der Waals surface area contributed by atoms with E-state index < -0.39 is 9.05 Å². The first-order valence-corrected chi connectivity index (χ1v) is 6.16. The average molecular weight is 195 g/mol. The first kappa shape index (κ1) is 9.07. The summed E-state index contributed by atoms with van der Waals surface area (Å²) in [7, 11) is 1.72. The lowest BCUT2D eigenvalue weighted by molar-refractivity contribution is 0.612. The molecule has 0 aromatic rings. The van der Waals surface area contributed by atoms with Crippen molar-refractivity contribution in [1.82, 2.24) is 0 Å². The molecule has 0 atom stereocenters. The van der Waals surface area contributed by atoms with Gasteiger partial charge in [0.2, 0.25) is 9.05 Å². The van der Waals surface area contributed by atoms with Crippen molar-refractivity contribution in [1.29, 1.82) is 0 Å². The zero-order valence-corrected chi connectivity index (χ0v) is 7.79. The third kappa shape index (κ3) is 3.77. The van der Waals surface area contributed by atoms with E-state index in [1.54, 1.807) is 6.08 Å². The molecule has 0 heterocycles. The lowest BCUT2D eigenvalue weighted by Crippen LogP contribution is -1.93. The van der Waals surface area contributed by atoms with E-state index in [1.807, 2.05) is 0 Å². The quantitative estimate of drug-likeness (QED) is 0.498. The van der Waals surface area contributed by atoms with Crippen molar-refractivity contribution >= 4 is 19.7 Å². The van der Waals surface area contributed by atoms with Crippen LogP contribution in [0.1, 0.15) is 25.7 Å². The van der Waals surface area contributed by atoms with Crippen molar-refractivity contribution in [2.24, 2.45) is 0 Å². The molecule has 0 bridgehead atoms. The smallest absolute Gasteiger partial charge is 0.212 e. The average Bonchev–Trinajstić information content (AvgIpc) is 2.32. The van der Waals surface area contributed by atoms with Crippen LogP contribution in [0.4, 0.5) is 0 Å². The Bertz CT molecular complexity index is 246. The second kappa shape index (κ2) is 3.59. The highest BCUT2D eigenvalue weighted by Crippen LogP contribution is 2.23. The first-order chi connectivity index (χ1) is 5.08. The molecule has 0 unspecified atom stereocenters. The summed E-state index contributed by atoms with van der Waals surface area (Å²) in [4.78, 5) is 0. The summed E-state index contributed by atoms with van der Waals surface area (Å²) in [6, 6.07) is 0. The number of hydrogen-bond donors (Lipinski definition) is 0. The molecule has 4 heteroatoms. The van der Waals surface area contributed by atoms with Crippen LogP contribution in [0.2, 0.25) is 0 Å². The Morgan fingerprint density at radius 2 is 1.91 bits per heavy atom. The minimum atomic E-state index is -3.32. The van der Waals surface area contributed by atoms with Crippen LogP contribution < -0.4 is 0 Å². The van der Waals surface area contributed by atoms with Crippen molar-refractivity contribution in [3.8, 4) is 0 Å². The fraction of sp³-hybridized carbons (Fsp3) is 0.714. The molecule has 64 valence electrons. The van der Waals surface area contributed by atoms with Crippen LogP contribution >= 0.6 is 10.7 Å². The van der Waals surface area contributed by atoms with E-state index in [1.165, 1.54) is 18.4 Å². The molecular weight excluding hydrogens is 184 g/mol. The van der Waals surface area contributed by atoms with Crippen LogP contribution in [0, 0.1) is 0 Å². The molecule has 0 saturated heterocycles. The molecule has 1 saturated carbocycles. The summed E-state index contributed by atoms with van der Waals surface area (Å²) in [5.41, 5.74) is 1.24. The molecule has 0 spiro atoms. The van der Waals surface area contributed by atoms with Gasteiger partial charge in [0.1, 0.15) is 0 Å². The topological polar surface area (TPSA) is 34.1 Å². The third-order valence-electron chi connectivity index (χ3n) is 1.82. The normalized spacial score (nSPS) is 18.8. The van der Waals surface area contributed by atoms with Gasteiger partial charge in [0.05, 0.1) is 5.75 Å². The molecule has 1 rings (SSSR count). The summed E-state index contributed by atoms with van der Waals surface area (Å²) in [6.45, 7) is 0. The van der Waals surface area contributed by atoms with Crippen molar-refractivity contribution in [2.45, 2.75) is 25.7 Å². The van der Waals surface area contributed by atoms with Gasteiger partial charge in [0.15, 0.2) is 0 Å². The molecule has 0 aromatic heterocycles. The Morgan fingerprint density at radius 3 is 2.36 bits per heavy atom. The summed E-state index contributed by atoms with van der Waals surface area (Å²) in [5, 5.41) is 0. The Morgan fingerprint density at radius 1 is 1.36 bits per heavy atom. The number of rotatable bonds is 2. The highest BCUT2D eigenvalue weighted by molar-refractivity contribution is 8.13. The van der Waals surface area contributed by atoms with E-state index in [0.29, 0.717) is 0 Å². The summed E-state index contributed by atoms with van der Waals surface area (Å²) in [6.07, 6.45) is 6.22. The minimum Gasteiger partial charge on any atom is -0.212 e. The van der Waals surface area contributed by atoms with Crippen molar-refractivity contribution < 1.29 is 8.42 Å². The van der Waals surface area contributed by atoms with Crippen LogP contribution in [0.15, 0.2) is 11.6 Å². The zero-order chi connectivity index (χ0) is 8.32. The summed E-state index contributed by atoms with van der Waals surface area (Å²) < 4.78 is 21.0. The van der Waals surface area contributed by atoms with Gasteiger partial charge in [-0.15, -0.1) is 0 Å². The molecule has 0 aliphatic heterocycles. The van der Waals surface area contributed by atoms with Gasteiger partial charge in [0.25, 0.3) is 0 Å². The highest BCUT2D eigenvalue weighted by atomic mass is 35.7. The highest BCUT2D eigenvalue weighted by Gasteiger charge is 2.08. The van der Waals surface area contributed by atoms with Crippen molar-refractivity contribution in [3.05, 3.63) is 11.6 Å². The largest absolute Gasteiger partial charge is 0.236 e. The molecule has 1 aliphatic carbocycles. The fourth-order valence-electron chi connectivity index (χ4n) is 1.25. The molecule has 2 nitrogen and oxygen atoms in total. The Hall–Kier alpha value is -0.0200. The van der Waals surface area contributed by atoms with E-state index in [9.17, 15) is 8.42 Å². The van der Waals surface area contributed by atoms with Gasteiger partial charge in [-0.1, -0.05) is 11.6 Å². The molecule has 11 heavy (non-hydrogen) atoms. The molecule has 1 aliphatic rings. The second-order valence-corrected chi connectivity index (χ2v) is 5.60. The standard InChI is InChI=1S/C7H11ClO2S/c8-11(9,10)6-5-7-3-1-2-4-7/h5H,1-4,6H2. The van der Waals surface area contributed by atoms with Crippen molar-refractivity contribution in [3.63, 3.8) is 0 Å². The number of hydrogen-bond acceptors (Lipinski definition) is 2. The van der Waals surface area contributed by atoms with E-state index in [-0.39, 0.29) is 5.75 Å². The van der Waals surface area contributed by atoms with Gasteiger partial charge in [0, 0.05) is 10.7 Å². The predicted octanol–water partition coefficient (Wildman–Crippen LogP) is 2.06. The van der Waals surface area contributed by atoms with E-state index in [0.717, 1.165) is 12.8 Å². The second-order valence-electron chi connectivity index (χ2n) is 2.77. The third-order valence-corrected chi connectivity index (χ3v) is 2.76. The van der Waals surface area contributed by atoms with Gasteiger partial charge < -0.3 is 0 Å². The van der Waals surface area contributed by atoms with Crippen molar-refractivity contribution in [2.75, 3.05) is 5.75 Å². The Labute approximate surface area is 71.7 Å². The molecular formula is C7H11ClO2S. The van der Waals surface area contributed by atoms with E-state index >= 15 is 0 Å². The molecule has 0 aromatic carbocycles. The molecule has 0 radical (unpaired) electrons. The summed E-state index contributed by atoms with van der Waals surface area (Å²) >= 11 is 0. The lowest BCUT2D eigenvalue weighted by Gasteiger charge is -1.92. The lowest BCUT2D eigenvalue weighted by atomic mass is 10.2. The maximum absolute atomic E-state index is 10.5. The van der Waals surface area contributed by atoms with Crippen LogP contribution in [0.25, 0.3) is 0 Å². The zero-order valence-electron chi connectivity index (χ0n) is 6.22. The van der Waals surface area contributed by atoms with Crippen LogP contribution in [-0.2, 0) is 9.05 Å². The molecule has 0 N–H and O–H groups in total. The Balaban J connectivity index is 2.47. The summed E-state index contributed by atoms with van der Waals surface area (Å²) in [5.74, 6) is -0.0100. The maximum atomic E-state index is 10.5. The molecule has 1 fully saturated rings. The van der Waals surface area contributed by atoms with Gasteiger partial charge >= 0.3 is 0 Å². The fourth-order valence-corrected chi connectivity index (χ4v) is 1.87. The van der Waals surface area contributed by atoms with Gasteiger partial charge in [-0.2, -0.15) is 0 Å². The number of halogens is 1. The SMILES string of the molecule is O=S(=O)(Cl)CC=C1CCCC1. The number of allylic oxidation sites excluding steroid dienone is 1. The van der Waals surface area contributed by atoms with Crippen LogP contribution in [-0.4, -0.2) is 14.2 Å². The maximum Gasteiger partial charge on any atom is 0.236 e. The predicted molar refractivity (Wildman–Crippen MR) is 46.2 cm³/mol. The Kier molecular flexibility index (Phi) is 2.96. The van der Waals surface area contributed by atoms with Gasteiger partial charge in [-0.05, 0) is 25.7 Å². The molecule has 0 amide bonds. The van der Waals surface area contributed by atoms with Crippen LogP contribution in [0.3, 0.4) is 0 Å². The van der Waals surface area contributed by atoms with Gasteiger partial charge in [-0.3, -0.25) is 0 Å². The minimum absolute atomic E-state index is 0.0100. The van der Waals surface area contributed by atoms with Crippen LogP contribution in [0.5, 0.6) is 0 Å².